The van der Waals surface area contributed by atoms with Gasteiger partial charge in [0.1, 0.15) is 17.5 Å². The molecule has 1 aliphatic heterocycles. The van der Waals surface area contributed by atoms with Gasteiger partial charge in [-0.3, -0.25) is 4.57 Å². The predicted octanol–water partition coefficient (Wildman–Crippen LogP) is -0.00340. The van der Waals surface area contributed by atoms with Crippen molar-refractivity contribution < 1.29 is 19.3 Å². The number of alkyl halides is 1. The molecule has 0 unspecified atom stereocenters. The van der Waals surface area contributed by atoms with Gasteiger partial charge in [-0.25, -0.2) is 9.18 Å². The quantitative estimate of drug-likeness (QED) is 0.675. The van der Waals surface area contributed by atoms with Gasteiger partial charge in [-0.15, -0.1) is 0 Å². The molecular formula is C14H20FN3O4. The van der Waals surface area contributed by atoms with Crippen LogP contribution in [0.1, 0.15) is 20.1 Å². The smallest absolute Gasteiger partial charge is 0.351 e. The maximum atomic E-state index is 14.4. The molecule has 122 valence electrons. The first-order valence-corrected chi connectivity index (χ1v) is 6.95. The minimum atomic E-state index is -1.90. The number of nitrogens with two attached hydrogens (primary N) is 1. The lowest BCUT2D eigenvalue weighted by Gasteiger charge is -2.26. The molecule has 2 rings (SSSR count). The number of rotatable bonds is 4. The standard InChI is InChI=1S/C14H20FN3O4/c1-8(2)3-5-14(7-19)11(20)10(15)12(22-14)18-6-4-9(16)17-13(18)21/h3-6,8,10-12,19-20H,7H2,1-2H3,(H2,16,17,21)/b5-3+/t10-,11+,12-,14-/m1/s1. The van der Waals surface area contributed by atoms with Crippen molar-refractivity contribution in [2.45, 2.75) is 38.0 Å². The van der Waals surface area contributed by atoms with Crippen molar-refractivity contribution in [3.8, 4) is 0 Å². The molecule has 0 saturated carbocycles. The Bertz CT molecular complexity index is 618. The van der Waals surface area contributed by atoms with E-state index in [9.17, 15) is 19.4 Å². The van der Waals surface area contributed by atoms with Crippen molar-refractivity contribution in [1.82, 2.24) is 9.55 Å². The minimum absolute atomic E-state index is 0.00308. The fourth-order valence-electron chi connectivity index (χ4n) is 2.29. The highest BCUT2D eigenvalue weighted by atomic mass is 19.1. The lowest BCUT2D eigenvalue weighted by molar-refractivity contribution is -0.0986. The summed E-state index contributed by atoms with van der Waals surface area (Å²) in [6, 6.07) is 1.33. The van der Waals surface area contributed by atoms with E-state index in [2.05, 4.69) is 4.98 Å². The van der Waals surface area contributed by atoms with Gasteiger partial charge in [-0.05, 0) is 12.0 Å². The second-order valence-corrected chi connectivity index (χ2v) is 5.66. The number of hydrogen-bond acceptors (Lipinski definition) is 6. The second kappa shape index (κ2) is 6.15. The van der Waals surface area contributed by atoms with Gasteiger partial charge in [0.15, 0.2) is 12.4 Å². The largest absolute Gasteiger partial charge is 0.393 e. The van der Waals surface area contributed by atoms with Crippen LogP contribution in [0.3, 0.4) is 0 Å². The molecule has 0 bridgehead atoms. The molecule has 8 heteroatoms. The zero-order valence-corrected chi connectivity index (χ0v) is 12.4. The van der Waals surface area contributed by atoms with Crippen molar-refractivity contribution >= 4 is 5.82 Å². The highest BCUT2D eigenvalue weighted by Crippen LogP contribution is 2.39. The average molecular weight is 313 g/mol. The number of ether oxygens (including phenoxy) is 1. The molecule has 0 amide bonds. The van der Waals surface area contributed by atoms with E-state index in [1.165, 1.54) is 18.3 Å². The molecule has 1 saturated heterocycles. The Kier molecular flexibility index (Phi) is 4.64. The summed E-state index contributed by atoms with van der Waals surface area (Å²) < 4.78 is 20.8. The van der Waals surface area contributed by atoms with Crippen LogP contribution in [-0.4, -0.2) is 44.2 Å². The van der Waals surface area contributed by atoms with Crippen LogP contribution in [0.2, 0.25) is 0 Å². The van der Waals surface area contributed by atoms with E-state index < -0.39 is 36.4 Å². The van der Waals surface area contributed by atoms with Crippen LogP contribution in [0.5, 0.6) is 0 Å². The summed E-state index contributed by atoms with van der Waals surface area (Å²) in [5.74, 6) is 0.126. The van der Waals surface area contributed by atoms with Gasteiger partial charge in [0, 0.05) is 6.20 Å². The Morgan fingerprint density at radius 1 is 1.64 bits per heavy atom. The van der Waals surface area contributed by atoms with Crippen LogP contribution in [-0.2, 0) is 4.74 Å². The van der Waals surface area contributed by atoms with Crippen molar-refractivity contribution in [2.75, 3.05) is 12.3 Å². The highest BCUT2D eigenvalue weighted by Gasteiger charge is 2.54. The lowest BCUT2D eigenvalue weighted by Crippen LogP contribution is -2.43. The minimum Gasteiger partial charge on any atom is -0.393 e. The number of aliphatic hydroxyl groups is 2. The molecule has 1 aliphatic rings. The number of hydrogen-bond donors (Lipinski definition) is 3. The molecule has 2 heterocycles. The van der Waals surface area contributed by atoms with E-state index in [4.69, 9.17) is 10.5 Å². The predicted molar refractivity (Wildman–Crippen MR) is 77.7 cm³/mol. The van der Waals surface area contributed by atoms with Gasteiger partial charge in [0.05, 0.1) is 6.61 Å². The number of halogens is 1. The van der Waals surface area contributed by atoms with Gasteiger partial charge < -0.3 is 20.7 Å². The molecule has 1 fully saturated rings. The molecule has 0 aliphatic carbocycles. The molecule has 0 radical (unpaired) electrons. The number of nitrogens with zero attached hydrogens (tertiary/aromatic N) is 2. The van der Waals surface area contributed by atoms with Crippen LogP contribution in [0.4, 0.5) is 10.2 Å². The summed E-state index contributed by atoms with van der Waals surface area (Å²) in [5, 5.41) is 19.7. The van der Waals surface area contributed by atoms with Crippen LogP contribution >= 0.6 is 0 Å². The Balaban J connectivity index is 2.38. The van der Waals surface area contributed by atoms with Gasteiger partial charge in [-0.2, -0.15) is 4.98 Å². The number of nitrogen functional groups attached to an aromatic ring is 1. The van der Waals surface area contributed by atoms with Crippen LogP contribution in [0, 0.1) is 5.92 Å². The topological polar surface area (TPSA) is 111 Å². The fraction of sp³-hybridized carbons (Fsp3) is 0.571. The van der Waals surface area contributed by atoms with Gasteiger partial charge in [0.25, 0.3) is 0 Å². The van der Waals surface area contributed by atoms with Crippen LogP contribution in [0.15, 0.2) is 29.2 Å². The van der Waals surface area contributed by atoms with E-state index in [1.807, 2.05) is 13.8 Å². The second-order valence-electron chi connectivity index (χ2n) is 5.66. The summed E-state index contributed by atoms with van der Waals surface area (Å²) in [6.07, 6.45) is -0.522. The number of aromatic nitrogens is 2. The lowest BCUT2D eigenvalue weighted by atomic mass is 9.95. The van der Waals surface area contributed by atoms with E-state index in [-0.39, 0.29) is 11.7 Å². The molecule has 0 spiro atoms. The van der Waals surface area contributed by atoms with Crippen LogP contribution < -0.4 is 11.4 Å². The summed E-state index contributed by atoms with van der Waals surface area (Å²) >= 11 is 0. The van der Waals surface area contributed by atoms with E-state index in [1.54, 1.807) is 6.08 Å². The van der Waals surface area contributed by atoms with E-state index in [0.717, 1.165) is 4.57 Å². The first-order chi connectivity index (χ1) is 10.3. The molecule has 1 aromatic rings. The third kappa shape index (κ3) is 2.90. The van der Waals surface area contributed by atoms with E-state index >= 15 is 0 Å². The van der Waals surface area contributed by atoms with Gasteiger partial charge >= 0.3 is 5.69 Å². The Hall–Kier alpha value is -1.77. The zero-order chi connectivity index (χ0) is 16.5. The first-order valence-electron chi connectivity index (χ1n) is 6.95. The molecule has 22 heavy (non-hydrogen) atoms. The van der Waals surface area contributed by atoms with Crippen LogP contribution in [0.25, 0.3) is 0 Å². The molecule has 0 aromatic carbocycles. The summed E-state index contributed by atoms with van der Waals surface area (Å²) in [6.45, 7) is 3.16. The summed E-state index contributed by atoms with van der Waals surface area (Å²) in [5.41, 5.74) is 3.00. The first kappa shape index (κ1) is 16.6. The van der Waals surface area contributed by atoms with Crippen molar-refractivity contribution in [2.24, 2.45) is 5.92 Å². The SMILES string of the molecule is CC(C)/C=C/[C@]1(CO)O[C@@H](n2ccc(N)nc2=O)[C@H](F)[C@@H]1O. The van der Waals surface area contributed by atoms with Gasteiger partial charge in [0.2, 0.25) is 0 Å². The van der Waals surface area contributed by atoms with Crippen molar-refractivity contribution in [3.63, 3.8) is 0 Å². The molecule has 1 aromatic heterocycles. The maximum absolute atomic E-state index is 14.4. The third-order valence-corrected chi connectivity index (χ3v) is 3.55. The monoisotopic (exact) mass is 313 g/mol. The van der Waals surface area contributed by atoms with Gasteiger partial charge in [-0.1, -0.05) is 26.0 Å². The van der Waals surface area contributed by atoms with Crippen molar-refractivity contribution in [3.05, 3.63) is 34.9 Å². The summed E-state index contributed by atoms with van der Waals surface area (Å²) in [4.78, 5) is 15.3. The normalized spacial score (nSPS) is 32.2. The number of anilines is 1. The Morgan fingerprint density at radius 3 is 2.86 bits per heavy atom. The average Bonchev–Trinajstić information content (AvgIpc) is 2.71. The molecule has 7 nitrogen and oxygen atoms in total. The Labute approximate surface area is 126 Å². The number of aliphatic hydroxyl groups excluding tert-OH is 2. The zero-order valence-electron chi connectivity index (χ0n) is 12.4. The maximum Gasteiger partial charge on any atom is 0.351 e. The molecular weight excluding hydrogens is 293 g/mol. The van der Waals surface area contributed by atoms with Crippen molar-refractivity contribution in [1.29, 1.82) is 0 Å². The highest BCUT2D eigenvalue weighted by molar-refractivity contribution is 5.24. The van der Waals surface area contributed by atoms with E-state index in [0.29, 0.717) is 0 Å². The fourth-order valence-corrected chi connectivity index (χ4v) is 2.29. The number of allylic oxidation sites excluding steroid dienone is 1. The molecule has 4 N–H and O–H groups in total. The molecule has 4 atom stereocenters. The summed E-state index contributed by atoms with van der Waals surface area (Å²) in [7, 11) is 0. The third-order valence-electron chi connectivity index (χ3n) is 3.55. The Morgan fingerprint density at radius 2 is 2.32 bits per heavy atom.